The first-order valence-corrected chi connectivity index (χ1v) is 8.80. The van der Waals surface area contributed by atoms with Crippen LogP contribution in [0, 0.1) is 6.92 Å². The fraction of sp³-hybridized carbons (Fsp3) is 0.400. The van der Waals surface area contributed by atoms with Crippen molar-refractivity contribution in [2.24, 2.45) is 0 Å². The van der Waals surface area contributed by atoms with Gasteiger partial charge in [-0.25, -0.2) is 0 Å². The Morgan fingerprint density at radius 3 is 2.69 bits per heavy atom. The molecule has 4 rings (SSSR count). The molecule has 2 fully saturated rings. The van der Waals surface area contributed by atoms with Crippen LogP contribution in [0.2, 0.25) is 0 Å². The van der Waals surface area contributed by atoms with Gasteiger partial charge in [0.25, 0.3) is 5.91 Å². The summed E-state index contributed by atoms with van der Waals surface area (Å²) in [5.74, 6) is 1.24. The molecular weight excluding hydrogens is 332 g/mol. The SMILES string of the molecule is Cc1cc(C(=O)N2CC[C@@]3(CN(C)C(=O)CO3)C2)c(-c2ccccc2)o1. The maximum absolute atomic E-state index is 13.2. The summed E-state index contributed by atoms with van der Waals surface area (Å²) < 4.78 is 11.7. The Balaban J connectivity index is 1.57. The van der Waals surface area contributed by atoms with Gasteiger partial charge in [0.05, 0.1) is 18.7 Å². The molecule has 2 aliphatic rings. The van der Waals surface area contributed by atoms with Crippen molar-refractivity contribution in [3.8, 4) is 11.3 Å². The summed E-state index contributed by atoms with van der Waals surface area (Å²) in [5, 5.41) is 0. The fourth-order valence-electron chi connectivity index (χ4n) is 3.80. The van der Waals surface area contributed by atoms with Crippen LogP contribution in [0.15, 0.2) is 40.8 Å². The van der Waals surface area contributed by atoms with Crippen LogP contribution in [0.5, 0.6) is 0 Å². The predicted molar refractivity (Wildman–Crippen MR) is 95.7 cm³/mol. The van der Waals surface area contributed by atoms with Crippen molar-refractivity contribution in [2.75, 3.05) is 33.3 Å². The van der Waals surface area contributed by atoms with E-state index in [0.717, 1.165) is 12.0 Å². The highest BCUT2D eigenvalue weighted by molar-refractivity contribution is 6.00. The van der Waals surface area contributed by atoms with Gasteiger partial charge in [0.2, 0.25) is 5.91 Å². The summed E-state index contributed by atoms with van der Waals surface area (Å²) in [6.07, 6.45) is 0.730. The van der Waals surface area contributed by atoms with E-state index < -0.39 is 5.60 Å². The molecule has 2 aliphatic heterocycles. The van der Waals surface area contributed by atoms with Crippen LogP contribution in [-0.4, -0.2) is 60.5 Å². The van der Waals surface area contributed by atoms with Gasteiger partial charge in [0.1, 0.15) is 23.7 Å². The highest BCUT2D eigenvalue weighted by Gasteiger charge is 2.46. The van der Waals surface area contributed by atoms with Crippen molar-refractivity contribution >= 4 is 11.8 Å². The lowest BCUT2D eigenvalue weighted by atomic mass is 10.0. The van der Waals surface area contributed by atoms with Crippen LogP contribution in [-0.2, 0) is 9.53 Å². The quantitative estimate of drug-likeness (QED) is 0.830. The number of likely N-dealkylation sites (N-methyl/N-ethyl adjacent to an activating group) is 1. The van der Waals surface area contributed by atoms with Crippen molar-refractivity contribution in [1.82, 2.24) is 9.80 Å². The number of morpholine rings is 1. The predicted octanol–water partition coefficient (Wildman–Crippen LogP) is 2.33. The number of carbonyl (C=O) groups excluding carboxylic acids is 2. The van der Waals surface area contributed by atoms with Crippen molar-refractivity contribution in [3.05, 3.63) is 47.7 Å². The lowest BCUT2D eigenvalue weighted by Crippen LogP contribution is -2.54. The number of likely N-dealkylation sites (tertiary alicyclic amines) is 1. The monoisotopic (exact) mass is 354 g/mol. The van der Waals surface area contributed by atoms with Crippen LogP contribution < -0.4 is 0 Å². The number of nitrogens with zero attached hydrogens (tertiary/aromatic N) is 2. The standard InChI is InChI=1S/C20H22N2O4/c1-14-10-16(18(26-14)15-6-4-3-5-7-15)19(24)22-9-8-20(13-22)12-21(2)17(23)11-25-20/h3-7,10H,8-9,11-13H2,1-2H3/t20-/m1/s1. The minimum atomic E-state index is -0.454. The molecule has 2 saturated heterocycles. The molecule has 26 heavy (non-hydrogen) atoms. The largest absolute Gasteiger partial charge is 0.461 e. The van der Waals surface area contributed by atoms with Crippen LogP contribution >= 0.6 is 0 Å². The van der Waals surface area contributed by atoms with Crippen molar-refractivity contribution in [2.45, 2.75) is 18.9 Å². The zero-order valence-electron chi connectivity index (χ0n) is 15.0. The maximum Gasteiger partial charge on any atom is 0.257 e. The molecule has 6 heteroatoms. The Kier molecular flexibility index (Phi) is 4.07. The Labute approximate surface area is 152 Å². The summed E-state index contributed by atoms with van der Waals surface area (Å²) >= 11 is 0. The third-order valence-electron chi connectivity index (χ3n) is 5.18. The Bertz CT molecular complexity index is 845. The summed E-state index contributed by atoms with van der Waals surface area (Å²) in [4.78, 5) is 28.3. The maximum atomic E-state index is 13.2. The van der Waals surface area contributed by atoms with Gasteiger partial charge in [0, 0.05) is 19.2 Å². The number of benzene rings is 1. The lowest BCUT2D eigenvalue weighted by Gasteiger charge is -2.38. The van der Waals surface area contributed by atoms with E-state index >= 15 is 0 Å². The third-order valence-corrected chi connectivity index (χ3v) is 5.18. The average Bonchev–Trinajstić information content (AvgIpc) is 3.23. The van der Waals surface area contributed by atoms with Gasteiger partial charge in [-0.3, -0.25) is 9.59 Å². The molecule has 0 saturated carbocycles. The van der Waals surface area contributed by atoms with Gasteiger partial charge in [-0.05, 0) is 19.4 Å². The second-order valence-electron chi connectivity index (χ2n) is 7.16. The first-order chi connectivity index (χ1) is 12.5. The third kappa shape index (κ3) is 2.90. The van der Waals surface area contributed by atoms with E-state index in [1.165, 1.54) is 0 Å². The molecule has 0 radical (unpaired) electrons. The number of hydrogen-bond acceptors (Lipinski definition) is 4. The normalized spacial score (nSPS) is 23.1. The molecule has 0 N–H and O–H groups in total. The highest BCUT2D eigenvalue weighted by Crippen LogP contribution is 2.33. The first kappa shape index (κ1) is 16.8. The van der Waals surface area contributed by atoms with Gasteiger partial charge in [0.15, 0.2) is 0 Å². The minimum absolute atomic E-state index is 0.0165. The molecule has 1 aromatic heterocycles. The number of hydrogen-bond donors (Lipinski definition) is 0. The van der Waals surface area contributed by atoms with Gasteiger partial charge in [-0.15, -0.1) is 0 Å². The van der Waals surface area contributed by atoms with Crippen molar-refractivity contribution < 1.29 is 18.7 Å². The van der Waals surface area contributed by atoms with E-state index in [-0.39, 0.29) is 18.4 Å². The van der Waals surface area contributed by atoms with E-state index in [2.05, 4.69) is 0 Å². The van der Waals surface area contributed by atoms with Crippen molar-refractivity contribution in [3.63, 3.8) is 0 Å². The second-order valence-corrected chi connectivity index (χ2v) is 7.16. The van der Waals surface area contributed by atoms with Gasteiger partial charge in [-0.2, -0.15) is 0 Å². The van der Waals surface area contributed by atoms with E-state index in [1.807, 2.05) is 37.3 Å². The minimum Gasteiger partial charge on any atom is -0.461 e. The molecule has 6 nitrogen and oxygen atoms in total. The van der Waals surface area contributed by atoms with Gasteiger partial charge >= 0.3 is 0 Å². The number of amides is 2. The number of carbonyl (C=O) groups is 2. The average molecular weight is 354 g/mol. The summed E-state index contributed by atoms with van der Waals surface area (Å²) in [6, 6.07) is 11.5. The molecule has 1 spiro atoms. The molecular formula is C20H22N2O4. The smallest absolute Gasteiger partial charge is 0.257 e. The van der Waals surface area contributed by atoms with E-state index in [4.69, 9.17) is 9.15 Å². The molecule has 136 valence electrons. The van der Waals surface area contributed by atoms with Crippen LogP contribution in [0.25, 0.3) is 11.3 Å². The number of ether oxygens (including phenoxy) is 1. The van der Waals surface area contributed by atoms with Gasteiger partial charge < -0.3 is 19.0 Å². The summed E-state index contributed by atoms with van der Waals surface area (Å²) in [5.41, 5.74) is 1.01. The van der Waals surface area contributed by atoms with Crippen LogP contribution in [0.4, 0.5) is 0 Å². The number of furan rings is 1. The fourth-order valence-corrected chi connectivity index (χ4v) is 3.80. The molecule has 1 atom stereocenters. The van der Waals surface area contributed by atoms with Gasteiger partial charge in [-0.1, -0.05) is 30.3 Å². The molecule has 0 aliphatic carbocycles. The van der Waals surface area contributed by atoms with E-state index in [9.17, 15) is 9.59 Å². The van der Waals surface area contributed by atoms with Crippen LogP contribution in [0.3, 0.4) is 0 Å². The van der Waals surface area contributed by atoms with Crippen LogP contribution in [0.1, 0.15) is 22.5 Å². The van der Waals surface area contributed by atoms with Crippen molar-refractivity contribution in [1.29, 1.82) is 0 Å². The Hall–Kier alpha value is -2.60. The lowest BCUT2D eigenvalue weighted by molar-refractivity contribution is -0.158. The zero-order chi connectivity index (χ0) is 18.3. The zero-order valence-corrected chi connectivity index (χ0v) is 15.0. The summed E-state index contributed by atoms with van der Waals surface area (Å²) in [6.45, 7) is 3.55. The number of rotatable bonds is 2. The van der Waals surface area contributed by atoms with E-state index in [0.29, 0.717) is 36.7 Å². The Morgan fingerprint density at radius 2 is 1.96 bits per heavy atom. The number of aryl methyl sites for hydroxylation is 1. The van der Waals surface area contributed by atoms with E-state index in [1.54, 1.807) is 22.9 Å². The second kappa shape index (κ2) is 6.29. The first-order valence-electron chi connectivity index (χ1n) is 8.80. The topological polar surface area (TPSA) is 63.0 Å². The molecule has 3 heterocycles. The summed E-state index contributed by atoms with van der Waals surface area (Å²) in [7, 11) is 1.78. The molecule has 1 aromatic carbocycles. The molecule has 0 unspecified atom stereocenters. The molecule has 2 aromatic rings. The highest BCUT2D eigenvalue weighted by atomic mass is 16.5. The Morgan fingerprint density at radius 1 is 1.19 bits per heavy atom. The molecule has 2 amide bonds. The molecule has 0 bridgehead atoms.